The monoisotopic (exact) mass is 284 g/mol. The summed E-state index contributed by atoms with van der Waals surface area (Å²) >= 11 is 0. The molecule has 20 heavy (non-hydrogen) atoms. The molecule has 0 unspecified atom stereocenters. The van der Waals surface area contributed by atoms with Gasteiger partial charge in [0.1, 0.15) is 5.75 Å². The zero-order valence-electron chi connectivity index (χ0n) is 10.9. The van der Waals surface area contributed by atoms with Crippen molar-refractivity contribution in [2.75, 3.05) is 0 Å². The van der Waals surface area contributed by atoms with Crippen LogP contribution in [0.2, 0.25) is 0 Å². The molecule has 1 aliphatic rings. The first kappa shape index (κ1) is 14.6. The van der Waals surface area contributed by atoms with E-state index in [0.29, 0.717) is 12.8 Å². The van der Waals surface area contributed by atoms with Crippen LogP contribution in [-0.4, -0.2) is 12.1 Å². The molecule has 0 saturated carbocycles. The smallest absolute Gasteiger partial charge is 0.406 e. The quantitative estimate of drug-likeness (QED) is 0.831. The molecule has 1 aromatic carbocycles. The van der Waals surface area contributed by atoms with Crippen LogP contribution in [0.3, 0.4) is 0 Å². The highest BCUT2D eigenvalue weighted by Crippen LogP contribution is 2.24. The lowest BCUT2D eigenvalue weighted by atomic mass is 10.0. The van der Waals surface area contributed by atoms with Crippen LogP contribution in [0.25, 0.3) is 0 Å². The molecular weight excluding hydrogens is 269 g/mol. The van der Waals surface area contributed by atoms with Crippen LogP contribution < -0.4 is 4.74 Å². The maximum atomic E-state index is 12.0. The minimum Gasteiger partial charge on any atom is -0.406 e. The Morgan fingerprint density at radius 2 is 1.70 bits per heavy atom. The molecule has 1 aromatic rings. The molecule has 0 aliphatic heterocycles. The number of allylic oxidation sites excluding steroid dienone is 2. The van der Waals surface area contributed by atoms with Gasteiger partial charge in [0.05, 0.1) is 0 Å². The summed E-state index contributed by atoms with van der Waals surface area (Å²) < 4.78 is 39.9. The van der Waals surface area contributed by atoms with Crippen molar-refractivity contribution in [3.8, 4) is 5.75 Å². The number of rotatable bonds is 3. The van der Waals surface area contributed by atoms with E-state index in [1.54, 1.807) is 18.2 Å². The maximum Gasteiger partial charge on any atom is 0.573 e. The van der Waals surface area contributed by atoms with E-state index < -0.39 is 6.36 Å². The van der Waals surface area contributed by atoms with Gasteiger partial charge in [-0.15, -0.1) is 13.2 Å². The lowest BCUT2D eigenvalue weighted by molar-refractivity contribution is -0.274. The molecule has 0 spiro atoms. The molecule has 0 fully saturated rings. The Labute approximate surface area is 115 Å². The SMILES string of the molecule is O=C1C=C(Cc2ccc(OC(F)(F)F)cc2)CCCC1. The van der Waals surface area contributed by atoms with Gasteiger partial charge in [-0.25, -0.2) is 0 Å². The van der Waals surface area contributed by atoms with Gasteiger partial charge in [0.15, 0.2) is 5.78 Å². The van der Waals surface area contributed by atoms with Gasteiger partial charge in [-0.05, 0) is 49.5 Å². The zero-order chi connectivity index (χ0) is 14.6. The fourth-order valence-corrected chi connectivity index (χ4v) is 2.23. The van der Waals surface area contributed by atoms with Gasteiger partial charge in [-0.2, -0.15) is 0 Å². The standard InChI is InChI=1S/C15H15F3O2/c16-15(17,18)20-14-7-5-11(6-8-14)9-12-3-1-2-4-13(19)10-12/h5-8,10H,1-4,9H2. The molecule has 0 atom stereocenters. The third-order valence-corrected chi connectivity index (χ3v) is 3.12. The molecule has 108 valence electrons. The first-order chi connectivity index (χ1) is 9.42. The van der Waals surface area contributed by atoms with Gasteiger partial charge in [-0.3, -0.25) is 4.79 Å². The van der Waals surface area contributed by atoms with Crippen molar-refractivity contribution in [2.45, 2.75) is 38.5 Å². The minimum atomic E-state index is -4.67. The van der Waals surface area contributed by atoms with Crippen LogP contribution in [-0.2, 0) is 11.2 Å². The first-order valence-electron chi connectivity index (χ1n) is 6.49. The van der Waals surface area contributed by atoms with Crippen LogP contribution in [0, 0.1) is 0 Å². The number of carbonyl (C=O) groups excluding carboxylic acids is 1. The Kier molecular flexibility index (Phi) is 4.47. The number of alkyl halides is 3. The summed E-state index contributed by atoms with van der Waals surface area (Å²) in [5.74, 6) is -0.0957. The van der Waals surface area contributed by atoms with Gasteiger partial charge in [0.25, 0.3) is 0 Å². The van der Waals surface area contributed by atoms with Gasteiger partial charge in [-0.1, -0.05) is 17.7 Å². The second-order valence-corrected chi connectivity index (χ2v) is 4.84. The maximum absolute atomic E-state index is 12.0. The summed E-state index contributed by atoms with van der Waals surface area (Å²) in [6, 6.07) is 5.78. The molecule has 5 heteroatoms. The summed E-state index contributed by atoms with van der Waals surface area (Å²) in [6.45, 7) is 0. The number of hydrogen-bond acceptors (Lipinski definition) is 2. The average molecular weight is 284 g/mol. The number of hydrogen-bond donors (Lipinski definition) is 0. The predicted molar refractivity (Wildman–Crippen MR) is 68.4 cm³/mol. The highest BCUT2D eigenvalue weighted by atomic mass is 19.4. The molecule has 1 aliphatic carbocycles. The summed E-state index contributed by atoms with van der Waals surface area (Å²) in [5.41, 5.74) is 1.91. The van der Waals surface area contributed by atoms with E-state index in [2.05, 4.69) is 4.74 Å². The van der Waals surface area contributed by atoms with E-state index in [1.807, 2.05) is 0 Å². The molecule has 0 saturated heterocycles. The van der Waals surface area contributed by atoms with Crippen LogP contribution in [0.1, 0.15) is 31.2 Å². The van der Waals surface area contributed by atoms with Crippen molar-refractivity contribution in [2.24, 2.45) is 0 Å². The Balaban J connectivity index is 2.01. The lowest BCUT2D eigenvalue weighted by Gasteiger charge is -2.10. The van der Waals surface area contributed by atoms with Crippen molar-refractivity contribution in [3.05, 3.63) is 41.5 Å². The van der Waals surface area contributed by atoms with Gasteiger partial charge in [0.2, 0.25) is 0 Å². The number of halogens is 3. The summed E-state index contributed by atoms with van der Waals surface area (Å²) in [5, 5.41) is 0. The summed E-state index contributed by atoms with van der Waals surface area (Å²) in [7, 11) is 0. The normalized spacial score (nSPS) is 16.6. The number of carbonyl (C=O) groups is 1. The van der Waals surface area contributed by atoms with Crippen molar-refractivity contribution in [1.29, 1.82) is 0 Å². The van der Waals surface area contributed by atoms with Crippen molar-refractivity contribution >= 4 is 5.78 Å². The largest absolute Gasteiger partial charge is 0.573 e. The van der Waals surface area contributed by atoms with E-state index in [1.165, 1.54) is 12.1 Å². The van der Waals surface area contributed by atoms with Gasteiger partial charge in [0, 0.05) is 6.42 Å². The summed E-state index contributed by atoms with van der Waals surface area (Å²) in [4.78, 5) is 11.5. The number of benzene rings is 1. The van der Waals surface area contributed by atoms with Crippen LogP contribution in [0.5, 0.6) is 5.75 Å². The molecule has 0 bridgehead atoms. The van der Waals surface area contributed by atoms with Crippen molar-refractivity contribution < 1.29 is 22.7 Å². The second kappa shape index (κ2) is 6.11. The molecule has 2 rings (SSSR count). The molecule has 2 nitrogen and oxygen atoms in total. The van der Waals surface area contributed by atoms with E-state index >= 15 is 0 Å². The number of ketones is 1. The summed E-state index contributed by atoms with van der Waals surface area (Å²) in [6.07, 6.45) is 0.932. The predicted octanol–water partition coefficient (Wildman–Crippen LogP) is 4.20. The van der Waals surface area contributed by atoms with Gasteiger partial charge >= 0.3 is 6.36 Å². The minimum absolute atomic E-state index is 0.134. The lowest BCUT2D eigenvalue weighted by Crippen LogP contribution is -2.17. The molecule has 0 radical (unpaired) electrons. The van der Waals surface area contributed by atoms with Crippen LogP contribution >= 0.6 is 0 Å². The van der Waals surface area contributed by atoms with E-state index in [4.69, 9.17) is 0 Å². The zero-order valence-corrected chi connectivity index (χ0v) is 10.9. The topological polar surface area (TPSA) is 26.3 Å². The third kappa shape index (κ3) is 4.72. The van der Waals surface area contributed by atoms with E-state index in [-0.39, 0.29) is 11.5 Å². The molecular formula is C15H15F3O2. The Hall–Kier alpha value is -1.78. The fourth-order valence-electron chi connectivity index (χ4n) is 2.23. The fraction of sp³-hybridized carbons (Fsp3) is 0.400. The first-order valence-corrected chi connectivity index (χ1v) is 6.49. The Bertz CT molecular complexity index is 501. The Morgan fingerprint density at radius 1 is 1.05 bits per heavy atom. The number of ether oxygens (including phenoxy) is 1. The third-order valence-electron chi connectivity index (χ3n) is 3.12. The molecule has 0 heterocycles. The van der Waals surface area contributed by atoms with Crippen LogP contribution in [0.15, 0.2) is 35.9 Å². The highest BCUT2D eigenvalue weighted by molar-refractivity contribution is 5.90. The second-order valence-electron chi connectivity index (χ2n) is 4.84. The van der Waals surface area contributed by atoms with Crippen molar-refractivity contribution in [3.63, 3.8) is 0 Å². The average Bonchev–Trinajstić information content (AvgIpc) is 2.54. The molecule has 0 amide bonds. The van der Waals surface area contributed by atoms with Crippen LogP contribution in [0.4, 0.5) is 13.2 Å². The van der Waals surface area contributed by atoms with E-state index in [0.717, 1.165) is 30.4 Å². The molecule has 0 aromatic heterocycles. The van der Waals surface area contributed by atoms with E-state index in [9.17, 15) is 18.0 Å². The molecule has 0 N–H and O–H groups in total. The van der Waals surface area contributed by atoms with Crippen molar-refractivity contribution in [1.82, 2.24) is 0 Å². The van der Waals surface area contributed by atoms with Gasteiger partial charge < -0.3 is 4.74 Å². The Morgan fingerprint density at radius 3 is 2.35 bits per heavy atom. The highest BCUT2D eigenvalue weighted by Gasteiger charge is 2.30.